The number of hydrogen-bond acceptors (Lipinski definition) is 3. The second-order valence-electron chi connectivity index (χ2n) is 4.03. The van der Waals surface area contributed by atoms with Gasteiger partial charge in [-0.05, 0) is 17.5 Å². The predicted octanol–water partition coefficient (Wildman–Crippen LogP) is 0.969. The number of sulfonamides is 1. The Bertz CT molecular complexity index is 440. The molecule has 0 saturated carbocycles. The van der Waals surface area contributed by atoms with Crippen molar-refractivity contribution >= 4 is 10.0 Å². The van der Waals surface area contributed by atoms with Gasteiger partial charge in [0.25, 0.3) is 0 Å². The Kier molecular flexibility index (Phi) is 5.11. The van der Waals surface area contributed by atoms with Gasteiger partial charge in [0.05, 0.1) is 5.75 Å². The SMILES string of the molecule is CCc1ccc(CN(C)S(=O)(=O)CCN)cc1. The van der Waals surface area contributed by atoms with Crippen LogP contribution >= 0.6 is 0 Å². The van der Waals surface area contributed by atoms with Gasteiger partial charge >= 0.3 is 0 Å². The third-order valence-electron chi connectivity index (χ3n) is 2.69. The molecule has 0 radical (unpaired) electrons. The summed E-state index contributed by atoms with van der Waals surface area (Å²) >= 11 is 0. The predicted molar refractivity (Wildman–Crippen MR) is 70.1 cm³/mol. The van der Waals surface area contributed by atoms with Crippen molar-refractivity contribution in [3.05, 3.63) is 35.4 Å². The van der Waals surface area contributed by atoms with Crippen molar-refractivity contribution in [2.75, 3.05) is 19.3 Å². The molecule has 0 amide bonds. The second kappa shape index (κ2) is 6.14. The molecule has 0 fully saturated rings. The molecule has 0 unspecified atom stereocenters. The maximum absolute atomic E-state index is 11.7. The van der Waals surface area contributed by atoms with Crippen molar-refractivity contribution in [1.29, 1.82) is 0 Å². The van der Waals surface area contributed by atoms with Gasteiger partial charge in [-0.25, -0.2) is 12.7 Å². The van der Waals surface area contributed by atoms with Crippen molar-refractivity contribution < 1.29 is 8.42 Å². The Morgan fingerprint density at radius 1 is 1.18 bits per heavy atom. The molecule has 1 rings (SSSR count). The van der Waals surface area contributed by atoms with Crippen LogP contribution in [0.4, 0.5) is 0 Å². The molecule has 4 nitrogen and oxygen atoms in total. The van der Waals surface area contributed by atoms with E-state index in [1.165, 1.54) is 9.87 Å². The largest absolute Gasteiger partial charge is 0.329 e. The molecule has 0 spiro atoms. The van der Waals surface area contributed by atoms with Crippen LogP contribution in [0.5, 0.6) is 0 Å². The van der Waals surface area contributed by atoms with Gasteiger partial charge < -0.3 is 5.73 Å². The molecule has 0 bridgehead atoms. The number of rotatable bonds is 6. The van der Waals surface area contributed by atoms with E-state index in [0.717, 1.165) is 12.0 Å². The second-order valence-corrected chi connectivity index (χ2v) is 6.23. The zero-order valence-electron chi connectivity index (χ0n) is 10.4. The topological polar surface area (TPSA) is 63.4 Å². The fourth-order valence-corrected chi connectivity index (χ4v) is 2.50. The molecule has 1 aromatic rings. The molecule has 0 heterocycles. The molecule has 1 aromatic carbocycles. The smallest absolute Gasteiger partial charge is 0.215 e. The minimum absolute atomic E-state index is 0.00343. The highest BCUT2D eigenvalue weighted by atomic mass is 32.2. The average molecular weight is 256 g/mol. The van der Waals surface area contributed by atoms with E-state index in [9.17, 15) is 8.42 Å². The van der Waals surface area contributed by atoms with E-state index >= 15 is 0 Å². The zero-order valence-corrected chi connectivity index (χ0v) is 11.2. The van der Waals surface area contributed by atoms with E-state index in [0.29, 0.717) is 6.54 Å². The van der Waals surface area contributed by atoms with Gasteiger partial charge in [0, 0.05) is 20.1 Å². The van der Waals surface area contributed by atoms with Crippen LogP contribution < -0.4 is 5.73 Å². The Hall–Kier alpha value is -0.910. The van der Waals surface area contributed by atoms with E-state index in [-0.39, 0.29) is 12.3 Å². The van der Waals surface area contributed by atoms with Gasteiger partial charge in [-0.15, -0.1) is 0 Å². The lowest BCUT2D eigenvalue weighted by Gasteiger charge is -2.16. The third-order valence-corrected chi connectivity index (χ3v) is 4.52. The molecule has 96 valence electrons. The van der Waals surface area contributed by atoms with Crippen LogP contribution in [0.15, 0.2) is 24.3 Å². The standard InChI is InChI=1S/C12H20N2O2S/c1-3-11-4-6-12(7-5-11)10-14(2)17(15,16)9-8-13/h4-7H,3,8-10,13H2,1-2H3. The first-order chi connectivity index (χ1) is 7.99. The summed E-state index contributed by atoms with van der Waals surface area (Å²) in [7, 11) is -1.63. The lowest BCUT2D eigenvalue weighted by atomic mass is 10.1. The molecule has 2 N–H and O–H groups in total. The normalized spacial score (nSPS) is 12.0. The quantitative estimate of drug-likeness (QED) is 0.825. The molecule has 0 atom stereocenters. The number of aryl methyl sites for hydroxylation is 1. The molecule has 0 aliphatic rings. The Labute approximate surface area is 103 Å². The summed E-state index contributed by atoms with van der Waals surface area (Å²) in [5.74, 6) is -0.00343. The first-order valence-electron chi connectivity index (χ1n) is 5.71. The Balaban J connectivity index is 2.70. The molecular weight excluding hydrogens is 236 g/mol. The molecule has 0 aromatic heterocycles. The van der Waals surface area contributed by atoms with Crippen LogP contribution in [0, 0.1) is 0 Å². The lowest BCUT2D eigenvalue weighted by molar-refractivity contribution is 0.467. The number of benzene rings is 1. The van der Waals surface area contributed by atoms with Crippen LogP contribution in [0.25, 0.3) is 0 Å². The summed E-state index contributed by atoms with van der Waals surface area (Å²) in [6.07, 6.45) is 0.988. The maximum atomic E-state index is 11.7. The molecule has 0 aliphatic heterocycles. The van der Waals surface area contributed by atoms with E-state index in [1.54, 1.807) is 7.05 Å². The van der Waals surface area contributed by atoms with Gasteiger partial charge in [0.15, 0.2) is 0 Å². The molecular formula is C12H20N2O2S. The highest BCUT2D eigenvalue weighted by Crippen LogP contribution is 2.09. The van der Waals surface area contributed by atoms with Crippen LogP contribution in [0.2, 0.25) is 0 Å². The van der Waals surface area contributed by atoms with Gasteiger partial charge in [-0.2, -0.15) is 0 Å². The first-order valence-corrected chi connectivity index (χ1v) is 7.32. The summed E-state index contributed by atoms with van der Waals surface area (Å²) in [4.78, 5) is 0. The minimum Gasteiger partial charge on any atom is -0.329 e. The molecule has 5 heteroatoms. The van der Waals surface area contributed by atoms with Gasteiger partial charge in [-0.1, -0.05) is 31.2 Å². The zero-order chi connectivity index (χ0) is 12.9. The van der Waals surface area contributed by atoms with Crippen LogP contribution in [-0.4, -0.2) is 32.1 Å². The van der Waals surface area contributed by atoms with E-state index in [2.05, 4.69) is 6.92 Å². The highest BCUT2D eigenvalue weighted by molar-refractivity contribution is 7.89. The minimum atomic E-state index is -3.22. The van der Waals surface area contributed by atoms with E-state index < -0.39 is 10.0 Å². The lowest BCUT2D eigenvalue weighted by Crippen LogP contribution is -2.31. The van der Waals surface area contributed by atoms with Crippen molar-refractivity contribution in [3.8, 4) is 0 Å². The van der Waals surface area contributed by atoms with E-state index in [1.807, 2.05) is 24.3 Å². The summed E-state index contributed by atoms with van der Waals surface area (Å²) in [5, 5.41) is 0. The van der Waals surface area contributed by atoms with Crippen LogP contribution in [0.3, 0.4) is 0 Å². The van der Waals surface area contributed by atoms with Crippen molar-refractivity contribution in [3.63, 3.8) is 0 Å². The van der Waals surface area contributed by atoms with Crippen molar-refractivity contribution in [1.82, 2.24) is 4.31 Å². The van der Waals surface area contributed by atoms with Crippen molar-refractivity contribution in [2.24, 2.45) is 5.73 Å². The number of hydrogen-bond donors (Lipinski definition) is 1. The van der Waals surface area contributed by atoms with Crippen molar-refractivity contribution in [2.45, 2.75) is 19.9 Å². The fraction of sp³-hybridized carbons (Fsp3) is 0.500. The van der Waals surface area contributed by atoms with Gasteiger partial charge in [0.2, 0.25) is 10.0 Å². The van der Waals surface area contributed by atoms with Crippen LogP contribution in [-0.2, 0) is 23.0 Å². The summed E-state index contributed by atoms with van der Waals surface area (Å²) < 4.78 is 24.8. The summed E-state index contributed by atoms with van der Waals surface area (Å²) in [5.41, 5.74) is 7.52. The van der Waals surface area contributed by atoms with Gasteiger partial charge in [-0.3, -0.25) is 0 Å². The maximum Gasteiger partial charge on any atom is 0.215 e. The van der Waals surface area contributed by atoms with E-state index in [4.69, 9.17) is 5.73 Å². The van der Waals surface area contributed by atoms with Crippen LogP contribution in [0.1, 0.15) is 18.1 Å². The Morgan fingerprint density at radius 2 is 1.71 bits per heavy atom. The molecule has 17 heavy (non-hydrogen) atoms. The molecule has 0 saturated heterocycles. The first kappa shape index (κ1) is 14.2. The highest BCUT2D eigenvalue weighted by Gasteiger charge is 2.16. The number of nitrogens with zero attached hydrogens (tertiary/aromatic N) is 1. The third kappa shape index (κ3) is 4.11. The summed E-state index contributed by atoms with van der Waals surface area (Å²) in [6.45, 7) is 2.64. The fourth-order valence-electron chi connectivity index (χ4n) is 1.54. The van der Waals surface area contributed by atoms with Gasteiger partial charge in [0.1, 0.15) is 0 Å². The monoisotopic (exact) mass is 256 g/mol. The average Bonchev–Trinajstić information content (AvgIpc) is 2.30. The molecule has 0 aliphatic carbocycles. The summed E-state index contributed by atoms with van der Waals surface area (Å²) in [6, 6.07) is 7.98. The number of nitrogens with two attached hydrogens (primary N) is 1. The Morgan fingerprint density at radius 3 is 2.18 bits per heavy atom.